The first-order valence-electron chi connectivity index (χ1n) is 50.2. The molecule has 0 spiro atoms. The molecule has 1 saturated carbocycles. The molecule has 0 amide bonds. The zero-order chi connectivity index (χ0) is 91.7. The molecule has 0 bridgehead atoms. The maximum Gasteiger partial charge on any atom is 0.170 e. The molecule has 1 fully saturated rings. The van der Waals surface area contributed by atoms with Crippen LogP contribution in [0.5, 0.6) is 11.5 Å². The van der Waals surface area contributed by atoms with E-state index in [0.717, 1.165) is 234 Å². The van der Waals surface area contributed by atoms with E-state index >= 15 is 13.2 Å². The maximum atomic E-state index is 18.9. The molecule has 9 aromatic rings. The van der Waals surface area contributed by atoms with Gasteiger partial charge in [-0.2, -0.15) is 10.2 Å². The highest BCUT2D eigenvalue weighted by molar-refractivity contribution is 8.11. The fourth-order valence-corrected chi connectivity index (χ4v) is 30.1. The van der Waals surface area contributed by atoms with Gasteiger partial charge in [-0.3, -0.25) is 10.8 Å². The van der Waals surface area contributed by atoms with Crippen LogP contribution in [-0.4, -0.2) is 60.2 Å². The predicted molar refractivity (Wildman–Crippen MR) is 580 cm³/mol. The van der Waals surface area contributed by atoms with Crippen LogP contribution in [0.1, 0.15) is 330 Å². The van der Waals surface area contributed by atoms with Crippen LogP contribution < -0.4 is 20.3 Å². The molecule has 5 aliphatic rings. The van der Waals surface area contributed by atoms with Gasteiger partial charge in [0, 0.05) is 119 Å². The summed E-state index contributed by atoms with van der Waals surface area (Å²) < 4.78 is 71.6. The third-order valence-corrected chi connectivity index (χ3v) is 39.3. The molecule has 10 heterocycles. The lowest BCUT2D eigenvalue weighted by Crippen LogP contribution is -2.28. The third kappa shape index (κ3) is 25.6. The highest BCUT2D eigenvalue weighted by atomic mass is 32.2. The molecule has 0 radical (unpaired) electrons. The molecule has 0 saturated heterocycles. The number of nitrogens with one attached hydrogen (secondary N) is 4. The molecule has 14 rings (SSSR count). The molecular weight excluding hydrogens is 1810 g/mol. The number of ether oxygens (including phenoxy) is 2. The Morgan fingerprint density at radius 1 is 0.397 bits per heavy atom. The number of hydrogen-bond acceptors (Lipinski definition) is 18. The van der Waals surface area contributed by atoms with E-state index in [0.29, 0.717) is 87.4 Å². The van der Waals surface area contributed by atoms with E-state index in [2.05, 4.69) is 159 Å². The minimum atomic E-state index is -1.04. The minimum Gasteiger partial charge on any atom is -0.491 e. The summed E-state index contributed by atoms with van der Waals surface area (Å²) in [5.41, 5.74) is 10.7. The first kappa shape index (κ1) is 101. The Labute approximate surface area is 821 Å². The van der Waals surface area contributed by atoms with Crippen molar-refractivity contribution in [2.75, 3.05) is 32.1 Å². The number of unbranched alkanes of at least 4 members (excludes halogenated alkanes) is 16. The van der Waals surface area contributed by atoms with Gasteiger partial charge in [0.2, 0.25) is 0 Å². The number of hydrogen-bond donors (Lipinski definition) is 4. The molecule has 3 aliphatic carbocycles. The number of allylic oxidation sites excluding steroid dienone is 11. The van der Waals surface area contributed by atoms with E-state index in [9.17, 15) is 10.8 Å². The molecule has 704 valence electrons. The van der Waals surface area contributed by atoms with Crippen molar-refractivity contribution in [2.45, 2.75) is 312 Å². The molecule has 21 heteroatoms. The van der Waals surface area contributed by atoms with E-state index in [4.69, 9.17) is 19.7 Å². The second kappa shape index (κ2) is 50.8. The fourth-order valence-electron chi connectivity index (χ4n) is 18.5. The summed E-state index contributed by atoms with van der Waals surface area (Å²) in [5.74, 6) is 1.71. The van der Waals surface area contributed by atoms with Gasteiger partial charge >= 0.3 is 0 Å². The summed E-state index contributed by atoms with van der Waals surface area (Å²) in [6.45, 7) is 24.9. The van der Waals surface area contributed by atoms with Crippen LogP contribution in [0.3, 0.4) is 0 Å². The summed E-state index contributed by atoms with van der Waals surface area (Å²) >= 11 is 16.9. The molecule has 4 N–H and O–H groups in total. The van der Waals surface area contributed by atoms with Crippen LogP contribution in [0.2, 0.25) is 0 Å². The standard InChI is InChI=1S/C110H141F3N6O2S10/c1-11-21-29-33-41-72(39-27-17-7)65-116-118-105-98(91-61-56-86(127-91)84-54-53-82(125-84)81-50-48-76(123-81)44-36-32-24-14-4)100(111)95(75-46-47-75)96(103(105)114)89-59-57-87(128-89)93-63-77-107(120-67-70(19-9)37-25-15-5)110-78(108(109(77)130-93)121-68-71(20-10)38-26-16-6)64-94(131-110)88-58-62-92(129-88)99-102(113)101(112)97(104(115)106(99)119-117-66-73(40-28-18-8)42-34-30-22-12-2)90-60-55-85(126-90)83-52-51-80(124-83)79-49-45-74(69-122-79)43-35-31-23-13-3/h45,48-50,52-64,70-73,75,80,114-117H,11-44,46-47,51,65-69H2,1-10H3. The summed E-state index contributed by atoms with van der Waals surface area (Å²) in [7, 11) is 0. The van der Waals surface area contributed by atoms with E-state index in [1.165, 1.54) is 138 Å². The lowest BCUT2D eigenvalue weighted by atomic mass is 9.84. The summed E-state index contributed by atoms with van der Waals surface area (Å²) in [6, 6.07) is 29.9. The van der Waals surface area contributed by atoms with Crippen molar-refractivity contribution in [3.05, 3.63) is 166 Å². The molecule has 5 atom stereocenters. The van der Waals surface area contributed by atoms with Crippen LogP contribution in [0.15, 0.2) is 147 Å². The van der Waals surface area contributed by atoms with Crippen molar-refractivity contribution in [1.29, 1.82) is 10.8 Å². The van der Waals surface area contributed by atoms with Gasteiger partial charge in [0.1, 0.15) is 28.7 Å². The molecule has 1 aromatic carbocycles. The fraction of sp³-hybridized carbons (Fsp3) is 0.527. The Balaban J connectivity index is 0.831. The van der Waals surface area contributed by atoms with Crippen molar-refractivity contribution in [2.24, 2.45) is 39.8 Å². The first-order chi connectivity index (χ1) is 64.1. The van der Waals surface area contributed by atoms with Gasteiger partial charge in [-0.25, -0.2) is 13.2 Å². The van der Waals surface area contributed by atoms with Crippen molar-refractivity contribution in [3.63, 3.8) is 0 Å². The number of aryl methyl sites for hydroxylation is 1. The van der Waals surface area contributed by atoms with Crippen LogP contribution in [0.25, 0.3) is 86.4 Å². The molecule has 8 nitrogen and oxygen atoms in total. The second-order valence-electron chi connectivity index (χ2n) is 36.9. The monoisotopic (exact) mass is 1950 g/mol. The van der Waals surface area contributed by atoms with Gasteiger partial charge in [0.15, 0.2) is 11.7 Å². The average Bonchev–Trinajstić information content (AvgIpc) is 1.58. The highest BCUT2D eigenvalue weighted by Gasteiger charge is 2.43. The quantitative estimate of drug-likeness (QED) is 0.0172. The van der Waals surface area contributed by atoms with E-state index < -0.39 is 11.7 Å². The Morgan fingerprint density at radius 3 is 1.27 bits per heavy atom. The van der Waals surface area contributed by atoms with Gasteiger partial charge in [0.25, 0.3) is 0 Å². The van der Waals surface area contributed by atoms with Gasteiger partial charge in [0.05, 0.1) is 50.8 Å². The van der Waals surface area contributed by atoms with Crippen LogP contribution in [0.4, 0.5) is 13.2 Å². The van der Waals surface area contributed by atoms with Crippen LogP contribution in [0, 0.1) is 40.4 Å². The lowest BCUT2D eigenvalue weighted by Gasteiger charge is -2.24. The van der Waals surface area contributed by atoms with Crippen LogP contribution >= 0.6 is 114 Å². The molecule has 2 aliphatic heterocycles. The highest BCUT2D eigenvalue weighted by Crippen LogP contribution is 2.58. The molecular formula is C110H141F3N6O2S10. The lowest BCUT2D eigenvalue weighted by molar-refractivity contribution is 0.235. The third-order valence-electron chi connectivity index (χ3n) is 26.7. The predicted octanol–water partition coefficient (Wildman–Crippen LogP) is 38.0. The number of thioether (sulfide) groups is 2. The Morgan fingerprint density at radius 2 is 0.794 bits per heavy atom. The normalized spacial score (nSPS) is 17.4. The van der Waals surface area contributed by atoms with E-state index in [1.807, 2.05) is 59.1 Å². The summed E-state index contributed by atoms with van der Waals surface area (Å²) in [5, 5.41) is 33.2. The Kier molecular flexibility index (Phi) is 39.1. The number of fused-ring (bicyclic) bond motifs is 2. The minimum absolute atomic E-state index is 0.00800. The van der Waals surface area contributed by atoms with Crippen LogP contribution in [-0.2, 0) is 6.42 Å². The van der Waals surface area contributed by atoms with Crippen molar-refractivity contribution in [3.8, 4) is 50.5 Å². The van der Waals surface area contributed by atoms with Crippen molar-refractivity contribution in [1.82, 2.24) is 10.9 Å². The number of nitrogens with zero attached hydrogens (tertiary/aromatic N) is 2. The smallest absolute Gasteiger partial charge is 0.170 e. The SMILES string of the molecule is CCCCCCC1=CC=C(C2CC=C(c3ccc(C4=C(F)C(F)=C(c5ccc(-c6cc7c(OCC(CC)CCCC)c8sc(-c9ccc(C%10=C(C%11CC%11)C(F)=C(c%11ccc(-c%12ccc(-c%13ccc(CCCCCC)s%13)s%12)s%11)C(=NNCC(CCCC)CCCCCC)C%10=N)s9)cc8c(OCC(CC)CCCC)c7s6)s5)C(=NNCC(CCCC)CCCCCC)C4=N)s3)S2)SC1. The van der Waals surface area contributed by atoms with Gasteiger partial charge in [-0.1, -0.05) is 247 Å². The largest absolute Gasteiger partial charge is 0.491 e. The zero-order valence-corrected chi connectivity index (χ0v) is 87.6. The molecule has 131 heavy (non-hydrogen) atoms. The van der Waals surface area contributed by atoms with Crippen molar-refractivity contribution >= 4 is 184 Å². The van der Waals surface area contributed by atoms with Gasteiger partial charge in [-0.15, -0.1) is 114 Å². The number of halogens is 3. The van der Waals surface area contributed by atoms with Crippen molar-refractivity contribution < 1.29 is 22.6 Å². The topological polar surface area (TPSA) is 115 Å². The number of rotatable bonds is 57. The molecule has 5 unspecified atom stereocenters. The summed E-state index contributed by atoms with van der Waals surface area (Å²) in [4.78, 5) is 16.2. The molecule has 8 aromatic heterocycles. The second-order valence-corrected chi connectivity index (χ2v) is 47.8. The zero-order valence-electron chi connectivity index (χ0n) is 79.4. The Hall–Kier alpha value is -6.11. The number of benzene rings is 1. The Bertz CT molecular complexity index is 5530. The van der Waals surface area contributed by atoms with E-state index in [-0.39, 0.29) is 40.0 Å². The first-order valence-corrected chi connectivity index (χ1v) is 58.6. The maximum absolute atomic E-state index is 18.9. The summed E-state index contributed by atoms with van der Waals surface area (Å²) in [6.07, 6.45) is 48.6. The average molecular weight is 1960 g/mol. The number of hydrazone groups is 2. The van der Waals surface area contributed by atoms with E-state index in [1.54, 1.807) is 56.7 Å². The van der Waals surface area contributed by atoms with Gasteiger partial charge in [-0.05, 0) is 203 Å². The number of thiophene rings is 8. The van der Waals surface area contributed by atoms with Gasteiger partial charge < -0.3 is 20.3 Å².